The molecule has 2 aromatic carbocycles. The van der Waals surface area contributed by atoms with E-state index in [1.807, 2.05) is 4.90 Å². The van der Waals surface area contributed by atoms with Gasteiger partial charge in [0.05, 0.1) is 21.8 Å². The summed E-state index contributed by atoms with van der Waals surface area (Å²) in [6, 6.07) is 8.69. The molecule has 1 aliphatic rings. The molecule has 1 saturated heterocycles. The quantitative estimate of drug-likeness (QED) is 0.734. The zero-order valence-electron chi connectivity index (χ0n) is 17.2. The first-order valence-electron chi connectivity index (χ1n) is 9.80. The van der Waals surface area contributed by atoms with E-state index in [4.69, 9.17) is 0 Å². The van der Waals surface area contributed by atoms with Crippen LogP contribution in [0.2, 0.25) is 0 Å². The highest BCUT2D eigenvalue weighted by atomic mass is 32.2. The van der Waals surface area contributed by atoms with E-state index in [-0.39, 0.29) is 16.1 Å². The topological polar surface area (TPSA) is 69.7 Å². The van der Waals surface area contributed by atoms with Crippen molar-refractivity contribution >= 4 is 27.3 Å². The van der Waals surface area contributed by atoms with Gasteiger partial charge < -0.3 is 10.2 Å². The SMILES string of the molecule is CN(C)S(=O)(=O)c1cccc(C(=O)Nc2cc(C(F)(F)F)ccc2N2CCCCC2)c1. The van der Waals surface area contributed by atoms with Crippen molar-refractivity contribution in [3.8, 4) is 0 Å². The Bertz CT molecular complexity index is 1060. The van der Waals surface area contributed by atoms with Gasteiger partial charge in [-0.25, -0.2) is 12.7 Å². The van der Waals surface area contributed by atoms with Crippen LogP contribution >= 0.6 is 0 Å². The maximum atomic E-state index is 13.3. The van der Waals surface area contributed by atoms with E-state index >= 15 is 0 Å². The van der Waals surface area contributed by atoms with Gasteiger partial charge in [0.2, 0.25) is 10.0 Å². The van der Waals surface area contributed by atoms with E-state index < -0.39 is 27.7 Å². The van der Waals surface area contributed by atoms with Gasteiger partial charge in [0.1, 0.15) is 0 Å². The molecule has 3 rings (SSSR count). The van der Waals surface area contributed by atoms with Gasteiger partial charge in [-0.1, -0.05) is 6.07 Å². The van der Waals surface area contributed by atoms with Crippen LogP contribution in [-0.2, 0) is 16.2 Å². The molecule has 1 aliphatic heterocycles. The predicted molar refractivity (Wildman–Crippen MR) is 113 cm³/mol. The van der Waals surface area contributed by atoms with Gasteiger partial charge in [0.15, 0.2) is 0 Å². The van der Waals surface area contributed by atoms with Crippen molar-refractivity contribution in [3.05, 3.63) is 53.6 Å². The standard InChI is InChI=1S/C21H24F3N3O3S/c1-26(2)31(29,30)17-8-6-7-15(13-17)20(28)25-18-14-16(21(22,23)24)9-10-19(18)27-11-4-3-5-12-27/h6-10,13-14H,3-5,11-12H2,1-2H3,(H,25,28). The molecular weight excluding hydrogens is 431 g/mol. The summed E-state index contributed by atoms with van der Waals surface area (Å²) in [5.74, 6) is -0.687. The molecule has 0 radical (unpaired) electrons. The molecule has 0 atom stereocenters. The minimum atomic E-state index is -4.56. The third-order valence-electron chi connectivity index (χ3n) is 5.14. The van der Waals surface area contributed by atoms with Gasteiger partial charge in [0.25, 0.3) is 5.91 Å². The van der Waals surface area contributed by atoms with E-state index in [2.05, 4.69) is 5.32 Å². The van der Waals surface area contributed by atoms with Crippen molar-refractivity contribution in [2.75, 3.05) is 37.4 Å². The van der Waals surface area contributed by atoms with Gasteiger partial charge in [-0.05, 0) is 55.7 Å². The summed E-state index contributed by atoms with van der Waals surface area (Å²) in [4.78, 5) is 14.7. The first kappa shape index (κ1) is 23.1. The fourth-order valence-corrected chi connectivity index (χ4v) is 4.37. The largest absolute Gasteiger partial charge is 0.416 e. The minimum Gasteiger partial charge on any atom is -0.370 e. The lowest BCUT2D eigenvalue weighted by atomic mass is 10.1. The molecule has 6 nitrogen and oxygen atoms in total. The van der Waals surface area contributed by atoms with Crippen LogP contribution in [0.15, 0.2) is 47.4 Å². The lowest BCUT2D eigenvalue weighted by Gasteiger charge is -2.31. The Morgan fingerprint density at radius 2 is 1.71 bits per heavy atom. The van der Waals surface area contributed by atoms with Gasteiger partial charge >= 0.3 is 6.18 Å². The lowest BCUT2D eigenvalue weighted by Crippen LogP contribution is -2.30. The van der Waals surface area contributed by atoms with Crippen molar-refractivity contribution in [1.29, 1.82) is 0 Å². The summed E-state index contributed by atoms with van der Waals surface area (Å²) in [7, 11) is -1.02. The minimum absolute atomic E-state index is 0.0323. The zero-order chi connectivity index (χ0) is 22.8. The Balaban J connectivity index is 1.96. The number of nitrogens with one attached hydrogen (secondary N) is 1. The summed E-state index contributed by atoms with van der Waals surface area (Å²) < 4.78 is 65.5. The van der Waals surface area contributed by atoms with Crippen LogP contribution in [0.5, 0.6) is 0 Å². The monoisotopic (exact) mass is 455 g/mol. The summed E-state index contributed by atoms with van der Waals surface area (Å²) in [6.45, 7) is 1.37. The summed E-state index contributed by atoms with van der Waals surface area (Å²) in [5.41, 5.74) is -0.280. The number of benzene rings is 2. The van der Waals surface area contributed by atoms with E-state index in [0.29, 0.717) is 18.8 Å². The van der Waals surface area contributed by atoms with E-state index in [1.54, 1.807) is 0 Å². The smallest absolute Gasteiger partial charge is 0.370 e. The number of halogens is 3. The maximum absolute atomic E-state index is 13.3. The number of alkyl halides is 3. The molecule has 168 valence electrons. The van der Waals surface area contributed by atoms with E-state index in [1.165, 1.54) is 44.4 Å². The molecule has 1 amide bonds. The number of nitrogens with zero attached hydrogens (tertiary/aromatic N) is 2. The summed E-state index contributed by atoms with van der Waals surface area (Å²) in [5, 5.41) is 2.56. The van der Waals surface area contributed by atoms with Gasteiger partial charge in [-0.3, -0.25) is 4.79 Å². The fourth-order valence-electron chi connectivity index (χ4n) is 3.43. The van der Waals surface area contributed by atoms with Crippen LogP contribution < -0.4 is 10.2 Å². The number of amides is 1. The molecule has 31 heavy (non-hydrogen) atoms. The lowest BCUT2D eigenvalue weighted by molar-refractivity contribution is -0.137. The number of anilines is 2. The molecule has 1 fully saturated rings. The number of carbonyl (C=O) groups excluding carboxylic acids is 1. The zero-order valence-corrected chi connectivity index (χ0v) is 18.1. The molecule has 0 aromatic heterocycles. The average molecular weight is 456 g/mol. The van der Waals surface area contributed by atoms with E-state index in [9.17, 15) is 26.4 Å². The molecule has 0 unspecified atom stereocenters. The molecule has 10 heteroatoms. The molecule has 0 aliphatic carbocycles. The average Bonchev–Trinajstić information content (AvgIpc) is 2.73. The number of carbonyl (C=O) groups is 1. The van der Waals surface area contributed by atoms with Crippen molar-refractivity contribution < 1.29 is 26.4 Å². The number of hydrogen-bond acceptors (Lipinski definition) is 4. The molecule has 1 heterocycles. The fraction of sp³-hybridized carbons (Fsp3) is 0.381. The molecule has 0 spiro atoms. The van der Waals surface area contributed by atoms with Crippen LogP contribution in [0.3, 0.4) is 0 Å². The Hall–Kier alpha value is -2.59. The second-order valence-corrected chi connectivity index (χ2v) is 9.70. The molecular formula is C21H24F3N3O3S. The van der Waals surface area contributed by atoms with Gasteiger partial charge in [-0.15, -0.1) is 0 Å². The van der Waals surface area contributed by atoms with Crippen LogP contribution in [-0.4, -0.2) is 45.8 Å². The Kier molecular flexibility index (Phi) is 6.61. The molecule has 2 aromatic rings. The highest BCUT2D eigenvalue weighted by molar-refractivity contribution is 7.89. The highest BCUT2D eigenvalue weighted by Crippen LogP contribution is 2.36. The van der Waals surface area contributed by atoms with Gasteiger partial charge in [-0.2, -0.15) is 13.2 Å². The van der Waals surface area contributed by atoms with Crippen LogP contribution in [0, 0.1) is 0 Å². The summed E-state index contributed by atoms with van der Waals surface area (Å²) in [6.07, 6.45) is -1.68. The van der Waals surface area contributed by atoms with E-state index in [0.717, 1.165) is 35.7 Å². The van der Waals surface area contributed by atoms with Crippen molar-refractivity contribution in [3.63, 3.8) is 0 Å². The van der Waals surface area contributed by atoms with Crippen molar-refractivity contribution in [2.24, 2.45) is 0 Å². The van der Waals surface area contributed by atoms with Gasteiger partial charge in [0, 0.05) is 32.7 Å². The number of sulfonamides is 1. The highest BCUT2D eigenvalue weighted by Gasteiger charge is 2.32. The first-order chi connectivity index (χ1) is 14.5. The molecule has 1 N–H and O–H groups in total. The first-order valence-corrected chi connectivity index (χ1v) is 11.2. The second-order valence-electron chi connectivity index (χ2n) is 7.55. The van der Waals surface area contributed by atoms with Crippen molar-refractivity contribution in [1.82, 2.24) is 4.31 Å². The summed E-state index contributed by atoms with van der Waals surface area (Å²) >= 11 is 0. The predicted octanol–water partition coefficient (Wildman–Crippen LogP) is 4.20. The van der Waals surface area contributed by atoms with Crippen LogP contribution in [0.1, 0.15) is 35.2 Å². The normalized spacial score (nSPS) is 15.2. The third-order valence-corrected chi connectivity index (χ3v) is 6.95. The maximum Gasteiger partial charge on any atom is 0.416 e. The number of rotatable bonds is 5. The van der Waals surface area contributed by atoms with Crippen molar-refractivity contribution in [2.45, 2.75) is 30.3 Å². The second kappa shape index (κ2) is 8.88. The third kappa shape index (κ3) is 5.19. The molecule has 0 bridgehead atoms. The number of piperidine rings is 1. The molecule has 0 saturated carbocycles. The number of hydrogen-bond donors (Lipinski definition) is 1. The Morgan fingerprint density at radius 3 is 2.32 bits per heavy atom. The van der Waals surface area contributed by atoms with Crippen LogP contribution in [0.4, 0.5) is 24.5 Å². The Labute approximate surface area is 179 Å². The Morgan fingerprint density at radius 1 is 1.03 bits per heavy atom. The van der Waals surface area contributed by atoms with Crippen LogP contribution in [0.25, 0.3) is 0 Å².